The fraction of sp³-hybridized carbons (Fsp3) is 0.222. The van der Waals surface area contributed by atoms with E-state index in [1.54, 1.807) is 6.92 Å². The number of imidazole rings is 1. The van der Waals surface area contributed by atoms with Gasteiger partial charge in [-0.1, -0.05) is 23.9 Å². The number of rotatable bonds is 5. The van der Waals surface area contributed by atoms with Crippen LogP contribution in [0.25, 0.3) is 11.0 Å². The van der Waals surface area contributed by atoms with Crippen molar-refractivity contribution < 1.29 is 13.6 Å². The molecular formula is C18H16F2N2OS. The largest absolute Gasteiger partial charge is 0.319 e. The molecule has 124 valence electrons. The number of nitrogens with zero attached hydrogens (tertiary/aromatic N) is 2. The molecule has 1 aromatic heterocycles. The lowest BCUT2D eigenvalue weighted by Gasteiger charge is -2.11. The standard InChI is InChI=1S/C18H16F2N2OS/c1-3-22-16-7-5-4-6-15(16)21-18(22)24-11(2)17(23)12-8-9-13(19)14(20)10-12/h4-11H,3H2,1-2H3/t11-/m1/s1. The summed E-state index contributed by atoms with van der Waals surface area (Å²) in [4.78, 5) is 17.1. The minimum atomic E-state index is -1.01. The molecule has 0 fully saturated rings. The highest BCUT2D eigenvalue weighted by molar-refractivity contribution is 8.00. The van der Waals surface area contributed by atoms with Gasteiger partial charge in [0, 0.05) is 12.1 Å². The zero-order chi connectivity index (χ0) is 17.3. The zero-order valence-electron chi connectivity index (χ0n) is 13.3. The molecule has 24 heavy (non-hydrogen) atoms. The van der Waals surface area contributed by atoms with Crippen LogP contribution in [-0.2, 0) is 6.54 Å². The first-order valence-electron chi connectivity index (χ1n) is 7.62. The van der Waals surface area contributed by atoms with Crippen molar-refractivity contribution in [3.8, 4) is 0 Å². The Labute approximate surface area is 142 Å². The molecule has 3 nitrogen and oxygen atoms in total. The van der Waals surface area contributed by atoms with E-state index in [0.717, 1.165) is 34.9 Å². The molecule has 2 aromatic carbocycles. The molecule has 0 aliphatic carbocycles. The monoisotopic (exact) mass is 346 g/mol. The zero-order valence-corrected chi connectivity index (χ0v) is 14.1. The minimum Gasteiger partial charge on any atom is -0.319 e. The van der Waals surface area contributed by atoms with Gasteiger partial charge in [-0.25, -0.2) is 13.8 Å². The van der Waals surface area contributed by atoms with Crippen molar-refractivity contribution in [1.29, 1.82) is 0 Å². The lowest BCUT2D eigenvalue weighted by Crippen LogP contribution is -2.15. The molecular weight excluding hydrogens is 330 g/mol. The summed E-state index contributed by atoms with van der Waals surface area (Å²) in [5.41, 5.74) is 2.04. The number of benzene rings is 2. The van der Waals surface area contributed by atoms with Gasteiger partial charge in [0.25, 0.3) is 0 Å². The lowest BCUT2D eigenvalue weighted by molar-refractivity contribution is 0.0993. The molecule has 6 heteroatoms. The van der Waals surface area contributed by atoms with E-state index in [1.807, 2.05) is 35.8 Å². The van der Waals surface area contributed by atoms with Crippen molar-refractivity contribution in [3.05, 3.63) is 59.7 Å². The molecule has 0 N–H and O–H groups in total. The number of hydrogen-bond donors (Lipinski definition) is 0. The van der Waals surface area contributed by atoms with Crippen LogP contribution < -0.4 is 0 Å². The molecule has 0 amide bonds. The predicted octanol–water partition coefficient (Wildman–Crippen LogP) is 4.70. The van der Waals surface area contributed by atoms with Crippen molar-refractivity contribution in [3.63, 3.8) is 0 Å². The third kappa shape index (κ3) is 3.06. The van der Waals surface area contributed by atoms with Gasteiger partial charge in [0.15, 0.2) is 22.6 Å². The number of carbonyl (C=O) groups is 1. The summed E-state index contributed by atoms with van der Waals surface area (Å²) in [6.07, 6.45) is 0. The van der Waals surface area contributed by atoms with Crippen LogP contribution in [-0.4, -0.2) is 20.6 Å². The number of carbonyl (C=O) groups excluding carboxylic acids is 1. The van der Waals surface area contributed by atoms with Gasteiger partial charge in [-0.05, 0) is 44.2 Å². The van der Waals surface area contributed by atoms with Gasteiger partial charge in [0.2, 0.25) is 0 Å². The Morgan fingerprint density at radius 1 is 1.21 bits per heavy atom. The molecule has 3 aromatic rings. The third-order valence-corrected chi connectivity index (χ3v) is 4.88. The molecule has 0 spiro atoms. The van der Waals surface area contributed by atoms with Crippen LogP contribution in [0, 0.1) is 11.6 Å². The first kappa shape index (κ1) is 16.6. The van der Waals surface area contributed by atoms with Gasteiger partial charge in [-0.3, -0.25) is 4.79 Å². The van der Waals surface area contributed by atoms with Crippen LogP contribution in [0.4, 0.5) is 8.78 Å². The molecule has 0 aliphatic rings. The number of thioether (sulfide) groups is 1. The average Bonchev–Trinajstić information content (AvgIpc) is 2.93. The van der Waals surface area contributed by atoms with Crippen LogP contribution in [0.3, 0.4) is 0 Å². The first-order chi connectivity index (χ1) is 11.5. The second kappa shape index (κ2) is 6.73. The topological polar surface area (TPSA) is 34.9 Å². The van der Waals surface area contributed by atoms with Gasteiger partial charge in [-0.2, -0.15) is 0 Å². The Bertz CT molecular complexity index is 907. The van der Waals surface area contributed by atoms with Gasteiger partial charge < -0.3 is 4.57 Å². The van der Waals surface area contributed by atoms with Crippen molar-refractivity contribution >= 4 is 28.6 Å². The summed E-state index contributed by atoms with van der Waals surface area (Å²) in [5.74, 6) is -2.23. The van der Waals surface area contributed by atoms with Gasteiger partial charge in [0.05, 0.1) is 16.3 Å². The normalized spacial score (nSPS) is 12.5. The Balaban J connectivity index is 1.87. The number of hydrogen-bond acceptors (Lipinski definition) is 3. The third-order valence-electron chi connectivity index (χ3n) is 3.79. The number of ketones is 1. The molecule has 1 atom stereocenters. The Morgan fingerprint density at radius 3 is 2.67 bits per heavy atom. The summed E-state index contributed by atoms with van der Waals surface area (Å²) < 4.78 is 28.4. The molecule has 0 saturated carbocycles. The lowest BCUT2D eigenvalue weighted by atomic mass is 10.1. The SMILES string of the molecule is CCn1c(S[C@H](C)C(=O)c2ccc(F)c(F)c2)nc2ccccc21. The molecule has 0 unspecified atom stereocenters. The van der Waals surface area contributed by atoms with E-state index < -0.39 is 16.9 Å². The summed E-state index contributed by atoms with van der Waals surface area (Å²) in [6.45, 7) is 4.49. The van der Waals surface area contributed by atoms with Crippen LogP contribution in [0.5, 0.6) is 0 Å². The maximum absolute atomic E-state index is 13.3. The van der Waals surface area contributed by atoms with Crippen molar-refractivity contribution in [2.24, 2.45) is 0 Å². The number of para-hydroxylation sites is 2. The first-order valence-corrected chi connectivity index (χ1v) is 8.50. The molecule has 0 radical (unpaired) electrons. The number of halogens is 2. The maximum Gasteiger partial charge on any atom is 0.176 e. The van der Waals surface area contributed by atoms with Crippen LogP contribution in [0.1, 0.15) is 24.2 Å². The van der Waals surface area contributed by atoms with E-state index in [4.69, 9.17) is 0 Å². The number of Topliss-reactive ketones (excluding diaryl/α,β-unsaturated/α-hetero) is 1. The number of aromatic nitrogens is 2. The van der Waals surface area contributed by atoms with E-state index in [2.05, 4.69) is 4.98 Å². The van der Waals surface area contributed by atoms with E-state index in [-0.39, 0.29) is 11.3 Å². The van der Waals surface area contributed by atoms with Crippen LogP contribution in [0.15, 0.2) is 47.6 Å². The van der Waals surface area contributed by atoms with Crippen LogP contribution in [0.2, 0.25) is 0 Å². The highest BCUT2D eigenvalue weighted by atomic mass is 32.2. The Morgan fingerprint density at radius 2 is 1.96 bits per heavy atom. The molecule has 0 aliphatic heterocycles. The molecule has 0 bridgehead atoms. The highest BCUT2D eigenvalue weighted by Gasteiger charge is 2.21. The second-order valence-corrected chi connectivity index (χ2v) is 6.69. The predicted molar refractivity (Wildman–Crippen MR) is 91.4 cm³/mol. The molecule has 0 saturated heterocycles. The Kier molecular flexibility index (Phi) is 4.66. The van der Waals surface area contributed by atoms with E-state index in [0.29, 0.717) is 0 Å². The van der Waals surface area contributed by atoms with Crippen LogP contribution >= 0.6 is 11.8 Å². The second-order valence-electron chi connectivity index (χ2n) is 5.38. The fourth-order valence-corrected chi connectivity index (χ4v) is 3.61. The number of aryl methyl sites for hydroxylation is 1. The highest BCUT2D eigenvalue weighted by Crippen LogP contribution is 2.29. The smallest absolute Gasteiger partial charge is 0.176 e. The van der Waals surface area contributed by atoms with E-state index in [1.165, 1.54) is 17.8 Å². The quantitative estimate of drug-likeness (QED) is 0.496. The maximum atomic E-state index is 13.3. The summed E-state index contributed by atoms with van der Waals surface area (Å²) in [6, 6.07) is 11.0. The van der Waals surface area contributed by atoms with Gasteiger partial charge >= 0.3 is 0 Å². The Hall–Kier alpha value is -2.21. The minimum absolute atomic E-state index is 0.160. The van der Waals surface area contributed by atoms with Crippen molar-refractivity contribution in [1.82, 2.24) is 9.55 Å². The summed E-state index contributed by atoms with van der Waals surface area (Å²) in [7, 11) is 0. The van der Waals surface area contributed by atoms with Crippen molar-refractivity contribution in [2.75, 3.05) is 0 Å². The molecule has 3 rings (SSSR count). The van der Waals surface area contributed by atoms with Gasteiger partial charge in [-0.15, -0.1) is 0 Å². The number of fused-ring (bicyclic) bond motifs is 1. The fourth-order valence-electron chi connectivity index (χ4n) is 2.54. The summed E-state index contributed by atoms with van der Waals surface area (Å²) >= 11 is 1.32. The van der Waals surface area contributed by atoms with Gasteiger partial charge in [0.1, 0.15) is 0 Å². The van der Waals surface area contributed by atoms with E-state index in [9.17, 15) is 13.6 Å². The van der Waals surface area contributed by atoms with E-state index >= 15 is 0 Å². The van der Waals surface area contributed by atoms with Crippen molar-refractivity contribution in [2.45, 2.75) is 30.8 Å². The summed E-state index contributed by atoms with van der Waals surface area (Å²) in [5, 5.41) is 0.277. The average molecular weight is 346 g/mol. The molecule has 1 heterocycles.